The monoisotopic (exact) mass is 279 g/mol. The van der Waals surface area contributed by atoms with Crippen LogP contribution >= 0.6 is 0 Å². The van der Waals surface area contributed by atoms with Crippen molar-refractivity contribution >= 4 is 6.03 Å². The Balaban J connectivity index is 1.41. The second-order valence-corrected chi connectivity index (χ2v) is 7.09. The van der Waals surface area contributed by atoms with E-state index in [0.29, 0.717) is 12.0 Å². The average Bonchev–Trinajstić information content (AvgIpc) is 3.29. The SMILES string of the molecule is CC1CCCN(C(=O)N2CCC(NCC3CC3)CC2)C1. The zero-order valence-electron chi connectivity index (χ0n) is 12.8. The highest BCUT2D eigenvalue weighted by Gasteiger charge is 2.29. The van der Waals surface area contributed by atoms with E-state index in [1.54, 1.807) is 0 Å². The summed E-state index contributed by atoms with van der Waals surface area (Å²) < 4.78 is 0. The number of hydrogen-bond acceptors (Lipinski definition) is 2. The maximum Gasteiger partial charge on any atom is 0.320 e. The smallest absolute Gasteiger partial charge is 0.320 e. The molecule has 1 saturated carbocycles. The summed E-state index contributed by atoms with van der Waals surface area (Å²) in [5.74, 6) is 1.62. The number of rotatable bonds is 3. The molecule has 1 N–H and O–H groups in total. The average molecular weight is 279 g/mol. The van der Waals surface area contributed by atoms with Crippen molar-refractivity contribution in [2.45, 2.75) is 51.5 Å². The van der Waals surface area contributed by atoms with E-state index in [0.717, 1.165) is 44.9 Å². The molecule has 2 saturated heterocycles. The zero-order valence-corrected chi connectivity index (χ0v) is 12.8. The largest absolute Gasteiger partial charge is 0.325 e. The normalized spacial score (nSPS) is 28.8. The molecule has 4 heteroatoms. The van der Waals surface area contributed by atoms with E-state index in [-0.39, 0.29) is 6.03 Å². The molecule has 0 aromatic carbocycles. The van der Waals surface area contributed by atoms with Gasteiger partial charge >= 0.3 is 6.03 Å². The lowest BCUT2D eigenvalue weighted by molar-refractivity contribution is 0.118. The van der Waals surface area contributed by atoms with Crippen LogP contribution in [-0.2, 0) is 0 Å². The third kappa shape index (κ3) is 3.66. The first kappa shape index (κ1) is 14.2. The van der Waals surface area contributed by atoms with Gasteiger partial charge in [0.2, 0.25) is 0 Å². The number of urea groups is 1. The predicted molar refractivity (Wildman–Crippen MR) is 80.7 cm³/mol. The molecule has 2 amide bonds. The topological polar surface area (TPSA) is 35.6 Å². The molecule has 0 bridgehead atoms. The quantitative estimate of drug-likeness (QED) is 0.860. The van der Waals surface area contributed by atoms with Crippen molar-refractivity contribution in [3.63, 3.8) is 0 Å². The molecular weight excluding hydrogens is 250 g/mol. The van der Waals surface area contributed by atoms with Crippen LogP contribution in [0.25, 0.3) is 0 Å². The number of piperidine rings is 2. The van der Waals surface area contributed by atoms with E-state index < -0.39 is 0 Å². The van der Waals surface area contributed by atoms with Crippen LogP contribution in [0.5, 0.6) is 0 Å². The van der Waals surface area contributed by atoms with Gasteiger partial charge in [0.05, 0.1) is 0 Å². The number of hydrogen-bond donors (Lipinski definition) is 1. The summed E-state index contributed by atoms with van der Waals surface area (Å²) in [6, 6.07) is 0.928. The Morgan fingerprint density at radius 3 is 2.45 bits per heavy atom. The van der Waals surface area contributed by atoms with Gasteiger partial charge in [-0.25, -0.2) is 4.79 Å². The molecule has 3 fully saturated rings. The highest BCUT2D eigenvalue weighted by atomic mass is 16.2. The summed E-state index contributed by atoms with van der Waals surface area (Å²) in [6.45, 7) is 7.25. The zero-order chi connectivity index (χ0) is 13.9. The standard InChI is InChI=1S/C16H29N3O/c1-13-3-2-8-19(12-13)16(20)18-9-6-15(7-10-18)17-11-14-4-5-14/h13-15,17H,2-12H2,1H3. The summed E-state index contributed by atoms with van der Waals surface area (Å²) in [5, 5.41) is 3.68. The number of carbonyl (C=O) groups excluding carboxylic acids is 1. The third-order valence-corrected chi connectivity index (χ3v) is 5.09. The summed E-state index contributed by atoms with van der Waals surface area (Å²) in [4.78, 5) is 16.7. The maximum absolute atomic E-state index is 12.5. The van der Waals surface area contributed by atoms with E-state index in [9.17, 15) is 4.79 Å². The van der Waals surface area contributed by atoms with Crippen molar-refractivity contribution in [3.05, 3.63) is 0 Å². The van der Waals surface area contributed by atoms with Gasteiger partial charge in [0, 0.05) is 32.2 Å². The maximum atomic E-state index is 12.5. The van der Waals surface area contributed by atoms with Gasteiger partial charge in [-0.2, -0.15) is 0 Å². The number of nitrogens with zero attached hydrogens (tertiary/aromatic N) is 2. The van der Waals surface area contributed by atoms with Crippen molar-refractivity contribution in [2.24, 2.45) is 11.8 Å². The van der Waals surface area contributed by atoms with Crippen molar-refractivity contribution in [1.29, 1.82) is 0 Å². The Kier molecular flexibility index (Phi) is 4.49. The van der Waals surface area contributed by atoms with Crippen molar-refractivity contribution in [2.75, 3.05) is 32.7 Å². The number of likely N-dealkylation sites (tertiary alicyclic amines) is 2. The molecule has 2 aliphatic heterocycles. The predicted octanol–water partition coefficient (Wildman–Crippen LogP) is 2.30. The van der Waals surface area contributed by atoms with Crippen LogP contribution in [0, 0.1) is 11.8 Å². The second-order valence-electron chi connectivity index (χ2n) is 7.09. The molecule has 114 valence electrons. The molecule has 1 atom stereocenters. The van der Waals surface area contributed by atoms with Crippen LogP contribution in [0.15, 0.2) is 0 Å². The Morgan fingerprint density at radius 1 is 1.05 bits per heavy atom. The molecule has 2 heterocycles. The first-order valence-corrected chi connectivity index (χ1v) is 8.49. The molecule has 1 unspecified atom stereocenters. The number of carbonyl (C=O) groups is 1. The molecule has 3 rings (SSSR count). The Hall–Kier alpha value is -0.770. The van der Waals surface area contributed by atoms with Crippen LogP contribution < -0.4 is 5.32 Å². The lowest BCUT2D eigenvalue weighted by Gasteiger charge is -2.38. The Labute approximate surface area is 122 Å². The summed E-state index contributed by atoms with van der Waals surface area (Å²) in [5.41, 5.74) is 0. The van der Waals surface area contributed by atoms with Crippen LogP contribution in [-0.4, -0.2) is 54.6 Å². The molecule has 20 heavy (non-hydrogen) atoms. The van der Waals surface area contributed by atoms with Gasteiger partial charge in [-0.3, -0.25) is 0 Å². The molecule has 1 aliphatic carbocycles. The fraction of sp³-hybridized carbons (Fsp3) is 0.938. The summed E-state index contributed by atoms with van der Waals surface area (Å²) in [7, 11) is 0. The van der Waals surface area contributed by atoms with Crippen molar-refractivity contribution in [1.82, 2.24) is 15.1 Å². The molecule has 3 aliphatic rings. The molecule has 0 aromatic heterocycles. The van der Waals surface area contributed by atoms with Crippen LogP contribution in [0.2, 0.25) is 0 Å². The fourth-order valence-electron chi connectivity index (χ4n) is 3.49. The van der Waals surface area contributed by atoms with E-state index in [4.69, 9.17) is 0 Å². The lowest BCUT2D eigenvalue weighted by atomic mass is 10.0. The van der Waals surface area contributed by atoms with Gasteiger partial charge in [0.25, 0.3) is 0 Å². The van der Waals surface area contributed by atoms with E-state index in [1.807, 2.05) is 0 Å². The summed E-state index contributed by atoms with van der Waals surface area (Å²) >= 11 is 0. The van der Waals surface area contributed by atoms with Gasteiger partial charge in [0.15, 0.2) is 0 Å². The fourth-order valence-corrected chi connectivity index (χ4v) is 3.49. The summed E-state index contributed by atoms with van der Waals surface area (Å²) in [6.07, 6.45) is 7.53. The van der Waals surface area contributed by atoms with Crippen LogP contribution in [0.1, 0.15) is 45.4 Å². The van der Waals surface area contributed by atoms with Crippen LogP contribution in [0.3, 0.4) is 0 Å². The van der Waals surface area contributed by atoms with Crippen molar-refractivity contribution in [3.8, 4) is 0 Å². The molecule has 0 radical (unpaired) electrons. The third-order valence-electron chi connectivity index (χ3n) is 5.09. The second kappa shape index (κ2) is 6.33. The number of nitrogens with one attached hydrogen (secondary N) is 1. The lowest BCUT2D eigenvalue weighted by Crippen LogP contribution is -2.51. The van der Waals surface area contributed by atoms with Gasteiger partial charge in [-0.15, -0.1) is 0 Å². The van der Waals surface area contributed by atoms with Crippen molar-refractivity contribution < 1.29 is 4.79 Å². The van der Waals surface area contributed by atoms with Gasteiger partial charge in [0.1, 0.15) is 0 Å². The number of amides is 2. The van der Waals surface area contributed by atoms with Crippen LogP contribution in [0.4, 0.5) is 4.79 Å². The van der Waals surface area contributed by atoms with Gasteiger partial charge in [-0.1, -0.05) is 6.92 Å². The minimum Gasteiger partial charge on any atom is -0.325 e. The van der Waals surface area contributed by atoms with E-state index >= 15 is 0 Å². The molecule has 0 spiro atoms. The van der Waals surface area contributed by atoms with E-state index in [1.165, 1.54) is 32.2 Å². The van der Waals surface area contributed by atoms with Gasteiger partial charge in [-0.05, 0) is 56.9 Å². The minimum absolute atomic E-state index is 0.289. The Bertz CT molecular complexity index is 335. The minimum atomic E-state index is 0.289. The highest BCUT2D eigenvalue weighted by Crippen LogP contribution is 2.28. The van der Waals surface area contributed by atoms with Gasteiger partial charge < -0.3 is 15.1 Å². The first-order valence-electron chi connectivity index (χ1n) is 8.49. The highest BCUT2D eigenvalue weighted by molar-refractivity contribution is 5.74. The Morgan fingerprint density at radius 2 is 1.80 bits per heavy atom. The van der Waals surface area contributed by atoms with E-state index in [2.05, 4.69) is 22.0 Å². The molecule has 4 nitrogen and oxygen atoms in total. The first-order chi connectivity index (χ1) is 9.72. The molecule has 0 aromatic rings. The molecular formula is C16H29N3O.